The molecular formula is C42H52O9. The van der Waals surface area contributed by atoms with E-state index < -0.39 is 63.8 Å². The number of epoxide rings is 1. The van der Waals surface area contributed by atoms with Crippen molar-refractivity contribution in [3.63, 3.8) is 0 Å². The van der Waals surface area contributed by atoms with E-state index in [4.69, 9.17) is 23.4 Å². The molecule has 4 aliphatic heterocycles. The summed E-state index contributed by atoms with van der Waals surface area (Å²) in [6.07, 6.45) is 7.07. The summed E-state index contributed by atoms with van der Waals surface area (Å²) in [5.74, 6) is -1.37. The fourth-order valence-electron chi connectivity index (χ4n) is 13.4. The average Bonchev–Trinajstić information content (AvgIpc) is 3.54. The van der Waals surface area contributed by atoms with Gasteiger partial charge in [-0.15, -0.1) is 0 Å². The van der Waals surface area contributed by atoms with Crippen LogP contribution in [-0.4, -0.2) is 58.9 Å². The van der Waals surface area contributed by atoms with Crippen LogP contribution in [-0.2, 0) is 39.8 Å². The maximum Gasteiger partial charge on any atom is 0.339 e. The second kappa shape index (κ2) is 11.5. The topological polar surface area (TPSA) is 125 Å². The van der Waals surface area contributed by atoms with Crippen molar-refractivity contribution in [2.75, 3.05) is 6.61 Å². The van der Waals surface area contributed by atoms with E-state index in [1.807, 2.05) is 19.1 Å². The number of aliphatic hydroxyl groups excluding tert-OH is 1. The second-order valence-corrected chi connectivity index (χ2v) is 18.0. The van der Waals surface area contributed by atoms with Crippen molar-refractivity contribution in [1.82, 2.24) is 0 Å². The summed E-state index contributed by atoms with van der Waals surface area (Å²) in [5.41, 5.74) is -2.77. The summed E-state index contributed by atoms with van der Waals surface area (Å²) < 4.78 is 31.8. The van der Waals surface area contributed by atoms with Crippen molar-refractivity contribution in [2.45, 2.75) is 128 Å². The third-order valence-corrected chi connectivity index (χ3v) is 15.2. The largest absolute Gasteiger partial charge is 0.472 e. The Morgan fingerprint density at radius 2 is 1.78 bits per heavy atom. The van der Waals surface area contributed by atoms with Gasteiger partial charge >= 0.3 is 11.9 Å². The Morgan fingerprint density at radius 1 is 0.980 bits per heavy atom. The Hall–Kier alpha value is -3.01. The highest BCUT2D eigenvalue weighted by Gasteiger charge is 2.93. The van der Waals surface area contributed by atoms with E-state index in [0.717, 1.165) is 44.1 Å². The van der Waals surface area contributed by atoms with Crippen LogP contribution >= 0.6 is 0 Å². The molecule has 0 amide bonds. The van der Waals surface area contributed by atoms with Crippen molar-refractivity contribution < 1.29 is 42.9 Å². The zero-order valence-corrected chi connectivity index (χ0v) is 30.3. The molecule has 9 heteroatoms. The van der Waals surface area contributed by atoms with Crippen LogP contribution in [0.5, 0.6) is 0 Å². The first-order valence-corrected chi connectivity index (χ1v) is 19.4. The molecule has 9 nitrogen and oxygen atoms in total. The molecule has 0 bridgehead atoms. The molecule has 1 aromatic carbocycles. The van der Waals surface area contributed by atoms with Gasteiger partial charge in [-0.1, -0.05) is 63.9 Å². The van der Waals surface area contributed by atoms with Crippen molar-refractivity contribution >= 4 is 17.7 Å². The van der Waals surface area contributed by atoms with Crippen LogP contribution in [0, 0.1) is 45.8 Å². The molecule has 3 saturated carbocycles. The molecular weight excluding hydrogens is 648 g/mol. The lowest BCUT2D eigenvalue weighted by Gasteiger charge is -2.70. The van der Waals surface area contributed by atoms with Crippen molar-refractivity contribution in [3.8, 4) is 0 Å². The highest BCUT2D eigenvalue weighted by molar-refractivity contribution is 5.92. The molecule has 9 rings (SSSR count). The zero-order chi connectivity index (χ0) is 35.6. The molecule has 5 heterocycles. The predicted octanol–water partition coefficient (Wildman–Crippen LogP) is 6.55. The van der Waals surface area contributed by atoms with Crippen LogP contribution in [0.3, 0.4) is 0 Å². The summed E-state index contributed by atoms with van der Waals surface area (Å²) >= 11 is 0. The molecule has 7 fully saturated rings. The predicted molar refractivity (Wildman–Crippen MR) is 184 cm³/mol. The molecule has 3 aliphatic carbocycles. The van der Waals surface area contributed by atoms with Crippen LogP contribution < -0.4 is 0 Å². The quantitative estimate of drug-likeness (QED) is 0.253. The van der Waals surface area contributed by atoms with Gasteiger partial charge in [0.1, 0.15) is 24.4 Å². The van der Waals surface area contributed by atoms with Crippen LogP contribution in [0.1, 0.15) is 103 Å². The number of fused-ring (bicyclic) bond motifs is 1. The SMILES string of the molecule is CC(C)CC[C@@]1(C)O[C@H]2CC(=O)OC[C@@]23C2CC[C@]4(C)[C@H](c5ccoc5)OC(=O)[C@H]5O[C@@]54[C@@]2(C2CCC[C@H](Cc4ccccc4)C2)[C@H](O)C(=O)[C@H]31. The van der Waals surface area contributed by atoms with Gasteiger partial charge in [0.15, 0.2) is 11.9 Å². The number of hydrogen-bond donors (Lipinski definition) is 1. The number of benzene rings is 1. The first-order chi connectivity index (χ1) is 24.4. The van der Waals surface area contributed by atoms with E-state index in [1.165, 1.54) is 5.56 Å². The van der Waals surface area contributed by atoms with Crippen molar-refractivity contribution in [2.24, 2.45) is 45.8 Å². The van der Waals surface area contributed by atoms with E-state index in [-0.39, 0.29) is 36.6 Å². The normalized spacial score (nSPS) is 47.0. The lowest BCUT2D eigenvalue weighted by Crippen LogP contribution is -2.79. The molecule has 4 saturated heterocycles. The minimum absolute atomic E-state index is 0.0660. The Morgan fingerprint density at radius 3 is 2.53 bits per heavy atom. The average molecular weight is 701 g/mol. The van der Waals surface area contributed by atoms with Crippen LogP contribution in [0.4, 0.5) is 0 Å². The van der Waals surface area contributed by atoms with Gasteiger partial charge in [-0.3, -0.25) is 9.59 Å². The number of esters is 2. The summed E-state index contributed by atoms with van der Waals surface area (Å²) in [5, 5.41) is 13.2. The fourth-order valence-corrected chi connectivity index (χ4v) is 13.4. The lowest BCUT2D eigenvalue weighted by molar-refractivity contribution is -0.276. The number of Topliss-reactive ketones (excluding diaryl/α,β-unsaturated/α-hetero) is 1. The molecule has 13 atom stereocenters. The van der Waals surface area contributed by atoms with Crippen LogP contribution in [0.2, 0.25) is 0 Å². The molecule has 2 aromatic rings. The molecule has 0 radical (unpaired) electrons. The Bertz CT molecular complexity index is 1710. The molecule has 274 valence electrons. The van der Waals surface area contributed by atoms with Crippen molar-refractivity contribution in [3.05, 3.63) is 60.1 Å². The van der Waals surface area contributed by atoms with E-state index in [9.17, 15) is 14.7 Å². The maximum atomic E-state index is 15.5. The minimum Gasteiger partial charge on any atom is -0.472 e. The van der Waals surface area contributed by atoms with E-state index >= 15 is 4.79 Å². The van der Waals surface area contributed by atoms with Crippen LogP contribution in [0.15, 0.2) is 53.3 Å². The van der Waals surface area contributed by atoms with Crippen molar-refractivity contribution in [1.29, 1.82) is 0 Å². The Balaban J connectivity index is 1.24. The number of ether oxygens (including phenoxy) is 4. The second-order valence-electron chi connectivity index (χ2n) is 18.0. The minimum atomic E-state index is -1.39. The lowest BCUT2D eigenvalue weighted by atomic mass is 9.32. The molecule has 7 aliphatic rings. The first kappa shape index (κ1) is 33.8. The van der Waals surface area contributed by atoms with Gasteiger partial charge in [-0.2, -0.15) is 0 Å². The smallest absolute Gasteiger partial charge is 0.339 e. The number of cyclic esters (lactones) is 2. The molecule has 1 N–H and O–H groups in total. The molecule has 2 spiro atoms. The third kappa shape index (κ3) is 4.34. The molecule has 1 aromatic heterocycles. The standard InChI is InChI=1S/C42H52O9/c1-24(2)13-17-39(4)33-32(44)34(45)41(28-12-8-11-26(20-28)19-25-9-6-5-7-10-25)29(40(33)23-48-31(43)21-30(40)50-39)14-16-38(3)35(27-15-18-47-22-27)49-37(46)36-42(38,41)51-36/h5-7,9-10,15,18,22,24,26,28-30,33-36,45H,8,11-14,16-17,19-21,23H2,1-4H3/t26-,28?,29?,30+,33+,34-,35+,36-,38-,39-,40-,41-,42+/m1/s1. The molecule has 2 unspecified atom stereocenters. The zero-order valence-electron chi connectivity index (χ0n) is 30.3. The Labute approximate surface area is 300 Å². The van der Waals surface area contributed by atoms with E-state index in [0.29, 0.717) is 31.1 Å². The van der Waals surface area contributed by atoms with E-state index in [2.05, 4.69) is 45.0 Å². The summed E-state index contributed by atoms with van der Waals surface area (Å²) in [4.78, 5) is 42.7. The van der Waals surface area contributed by atoms with Gasteiger partial charge in [-0.25, -0.2) is 4.79 Å². The monoisotopic (exact) mass is 700 g/mol. The summed E-state index contributed by atoms with van der Waals surface area (Å²) in [6.45, 7) is 8.55. The maximum absolute atomic E-state index is 15.5. The highest BCUT2D eigenvalue weighted by Crippen LogP contribution is 2.82. The third-order valence-electron chi connectivity index (χ3n) is 15.2. The summed E-state index contributed by atoms with van der Waals surface area (Å²) in [6, 6.07) is 12.4. The number of ketones is 1. The van der Waals surface area contributed by atoms with Gasteiger partial charge < -0.3 is 28.5 Å². The number of rotatable bonds is 7. The number of carbonyl (C=O) groups excluding carboxylic acids is 3. The van der Waals surface area contributed by atoms with Gasteiger partial charge in [0.25, 0.3) is 0 Å². The highest BCUT2D eigenvalue weighted by atomic mass is 16.7. The van der Waals surface area contributed by atoms with Gasteiger partial charge in [0, 0.05) is 21.8 Å². The number of hydrogen-bond acceptors (Lipinski definition) is 9. The van der Waals surface area contributed by atoms with E-state index in [1.54, 1.807) is 12.5 Å². The number of carbonyl (C=O) groups is 3. The number of furan rings is 1. The first-order valence-electron chi connectivity index (χ1n) is 19.4. The number of aliphatic hydroxyl groups is 1. The fraction of sp³-hybridized carbons (Fsp3) is 0.690. The van der Waals surface area contributed by atoms with Crippen LogP contribution in [0.25, 0.3) is 0 Å². The van der Waals surface area contributed by atoms with Gasteiger partial charge in [0.2, 0.25) is 0 Å². The van der Waals surface area contributed by atoms with Gasteiger partial charge in [0.05, 0.1) is 36.6 Å². The molecule has 51 heavy (non-hydrogen) atoms. The Kier molecular flexibility index (Phi) is 7.62. The summed E-state index contributed by atoms with van der Waals surface area (Å²) in [7, 11) is 0. The van der Waals surface area contributed by atoms with Gasteiger partial charge in [-0.05, 0) is 87.2 Å².